The van der Waals surface area contributed by atoms with Crippen molar-refractivity contribution in [2.75, 3.05) is 23.5 Å². The maximum absolute atomic E-state index is 12.6. The molecule has 8 nitrogen and oxygen atoms in total. The number of hydrogen-bond acceptors (Lipinski definition) is 6. The van der Waals surface area contributed by atoms with Crippen molar-refractivity contribution in [3.8, 4) is 5.75 Å². The van der Waals surface area contributed by atoms with Crippen LogP contribution in [-0.4, -0.2) is 39.8 Å². The monoisotopic (exact) mass is 464 g/mol. The minimum Gasteiger partial charge on any atom is -0.495 e. The van der Waals surface area contributed by atoms with E-state index < -0.39 is 0 Å². The number of anilines is 2. The van der Waals surface area contributed by atoms with E-state index in [1.807, 2.05) is 25.1 Å². The van der Waals surface area contributed by atoms with E-state index >= 15 is 0 Å². The predicted octanol–water partition coefficient (Wildman–Crippen LogP) is 5.55. The number of aromatic amines is 1. The number of pyridine rings is 1. The fourth-order valence-corrected chi connectivity index (χ4v) is 4.78. The largest absolute Gasteiger partial charge is 0.495 e. The van der Waals surface area contributed by atoms with Gasteiger partial charge in [0.25, 0.3) is 5.82 Å². The van der Waals surface area contributed by atoms with Crippen LogP contribution in [0.5, 0.6) is 5.75 Å². The SMILES string of the molecule is [C-]#[N+]c1ncc2[nH]c(SCC(=O)Nc3ccc(OC)c(NC4CCC(C)CC4)c3)nc2c1C. The molecule has 1 aromatic carbocycles. The number of benzene rings is 1. The summed E-state index contributed by atoms with van der Waals surface area (Å²) in [6, 6.07) is 6.07. The number of aryl methyl sites for hydroxylation is 1. The van der Waals surface area contributed by atoms with Gasteiger partial charge in [0.2, 0.25) is 5.91 Å². The van der Waals surface area contributed by atoms with Gasteiger partial charge in [-0.3, -0.25) is 4.79 Å². The molecule has 0 radical (unpaired) electrons. The summed E-state index contributed by atoms with van der Waals surface area (Å²) in [6.45, 7) is 11.3. The average molecular weight is 465 g/mol. The van der Waals surface area contributed by atoms with Gasteiger partial charge in [0.1, 0.15) is 17.5 Å². The molecule has 3 aromatic rings. The van der Waals surface area contributed by atoms with Crippen LogP contribution in [0.1, 0.15) is 38.2 Å². The van der Waals surface area contributed by atoms with Gasteiger partial charge in [-0.25, -0.2) is 4.98 Å². The zero-order valence-electron chi connectivity index (χ0n) is 19.1. The molecule has 33 heavy (non-hydrogen) atoms. The number of imidazole rings is 1. The number of H-pyrrole nitrogens is 1. The number of carbonyl (C=O) groups excluding carboxylic acids is 1. The number of ether oxygens (including phenoxy) is 1. The minimum absolute atomic E-state index is 0.125. The second-order valence-corrected chi connectivity index (χ2v) is 9.44. The van der Waals surface area contributed by atoms with E-state index in [1.54, 1.807) is 13.3 Å². The van der Waals surface area contributed by atoms with Crippen LogP contribution in [-0.2, 0) is 4.79 Å². The molecular formula is C24H28N6O2S. The molecule has 0 aliphatic heterocycles. The van der Waals surface area contributed by atoms with Crippen LogP contribution in [0.15, 0.2) is 29.6 Å². The molecule has 172 valence electrons. The number of aromatic nitrogens is 3. The zero-order chi connectivity index (χ0) is 23.4. The van der Waals surface area contributed by atoms with E-state index in [0.717, 1.165) is 47.0 Å². The highest BCUT2D eigenvalue weighted by molar-refractivity contribution is 7.99. The van der Waals surface area contributed by atoms with Crippen molar-refractivity contribution in [2.24, 2.45) is 5.92 Å². The van der Waals surface area contributed by atoms with Crippen molar-refractivity contribution >= 4 is 45.9 Å². The summed E-state index contributed by atoms with van der Waals surface area (Å²) >= 11 is 1.31. The lowest BCUT2D eigenvalue weighted by molar-refractivity contribution is -0.113. The van der Waals surface area contributed by atoms with E-state index in [1.165, 1.54) is 24.6 Å². The van der Waals surface area contributed by atoms with E-state index in [9.17, 15) is 4.79 Å². The number of rotatable bonds is 7. The third-order valence-electron chi connectivity index (χ3n) is 6.02. The highest BCUT2D eigenvalue weighted by Crippen LogP contribution is 2.32. The number of carbonyl (C=O) groups is 1. The molecule has 1 saturated carbocycles. The van der Waals surface area contributed by atoms with Crippen LogP contribution in [0, 0.1) is 19.4 Å². The summed E-state index contributed by atoms with van der Waals surface area (Å²) < 4.78 is 5.51. The van der Waals surface area contributed by atoms with Crippen molar-refractivity contribution in [2.45, 2.75) is 50.7 Å². The molecule has 1 aliphatic carbocycles. The van der Waals surface area contributed by atoms with Gasteiger partial charge in [0, 0.05) is 17.3 Å². The number of methoxy groups -OCH3 is 1. The van der Waals surface area contributed by atoms with Crippen LogP contribution in [0.25, 0.3) is 15.9 Å². The summed E-state index contributed by atoms with van der Waals surface area (Å²) in [6.07, 6.45) is 6.34. The molecule has 3 N–H and O–H groups in total. The highest BCUT2D eigenvalue weighted by Gasteiger charge is 2.19. The lowest BCUT2D eigenvalue weighted by Gasteiger charge is -2.28. The van der Waals surface area contributed by atoms with E-state index in [4.69, 9.17) is 11.3 Å². The van der Waals surface area contributed by atoms with Crippen LogP contribution in [0.2, 0.25) is 0 Å². The smallest absolute Gasteiger partial charge is 0.274 e. The molecule has 1 aliphatic rings. The number of thioether (sulfide) groups is 1. The molecule has 1 fully saturated rings. The van der Waals surface area contributed by atoms with Crippen LogP contribution >= 0.6 is 11.8 Å². The number of nitrogens with one attached hydrogen (secondary N) is 3. The lowest BCUT2D eigenvalue weighted by Crippen LogP contribution is -2.25. The standard InChI is InChI=1S/C24H28N6O2S/c1-14-5-7-16(8-6-14)27-18-11-17(9-10-20(18)32-4)28-21(31)13-33-24-29-19-12-26-23(25-3)15(2)22(19)30-24/h9-12,14,16,27H,5-8,13H2,1-2,4H3,(H,28,31)(H,29,30). The third kappa shape index (κ3) is 5.40. The first kappa shape index (κ1) is 22.9. The minimum atomic E-state index is -0.125. The summed E-state index contributed by atoms with van der Waals surface area (Å²) in [7, 11) is 1.66. The molecule has 9 heteroatoms. The van der Waals surface area contributed by atoms with Gasteiger partial charge in [-0.05, 0) is 56.7 Å². The molecule has 2 aromatic heterocycles. The highest BCUT2D eigenvalue weighted by atomic mass is 32.2. The average Bonchev–Trinajstić information content (AvgIpc) is 3.24. The Hall–Kier alpha value is -3.25. The zero-order valence-corrected chi connectivity index (χ0v) is 19.9. The number of amides is 1. The van der Waals surface area contributed by atoms with Crippen molar-refractivity contribution in [3.63, 3.8) is 0 Å². The predicted molar refractivity (Wildman–Crippen MR) is 132 cm³/mol. The van der Waals surface area contributed by atoms with E-state index in [0.29, 0.717) is 22.5 Å². The summed E-state index contributed by atoms with van der Waals surface area (Å²) in [5.74, 6) is 1.98. The van der Waals surface area contributed by atoms with Gasteiger partial charge in [-0.1, -0.05) is 25.3 Å². The third-order valence-corrected chi connectivity index (χ3v) is 6.89. The second kappa shape index (κ2) is 10.1. The van der Waals surface area contributed by atoms with Crippen LogP contribution < -0.4 is 15.4 Å². The van der Waals surface area contributed by atoms with Gasteiger partial charge in [0.05, 0.1) is 24.1 Å². The lowest BCUT2D eigenvalue weighted by atomic mass is 9.87. The Kier molecular flexibility index (Phi) is 7.04. The van der Waals surface area contributed by atoms with Gasteiger partial charge >= 0.3 is 0 Å². The molecule has 0 spiro atoms. The molecule has 4 rings (SSSR count). The fourth-order valence-electron chi connectivity index (χ4n) is 4.11. The quantitative estimate of drug-likeness (QED) is 0.313. The van der Waals surface area contributed by atoms with Gasteiger partial charge in [-0.15, -0.1) is 4.98 Å². The van der Waals surface area contributed by atoms with Gasteiger partial charge in [0.15, 0.2) is 5.16 Å². The summed E-state index contributed by atoms with van der Waals surface area (Å²) in [5.41, 5.74) is 3.83. The Morgan fingerprint density at radius 1 is 1.33 bits per heavy atom. The molecular weight excluding hydrogens is 436 g/mol. The van der Waals surface area contributed by atoms with Gasteiger partial charge < -0.3 is 25.2 Å². The van der Waals surface area contributed by atoms with Crippen molar-refractivity contribution in [1.29, 1.82) is 0 Å². The van der Waals surface area contributed by atoms with Crippen molar-refractivity contribution in [3.05, 3.63) is 41.4 Å². The normalized spacial score (nSPS) is 18.0. The first-order valence-electron chi connectivity index (χ1n) is 11.1. The molecule has 1 amide bonds. The maximum Gasteiger partial charge on any atom is 0.274 e. The Morgan fingerprint density at radius 2 is 2.12 bits per heavy atom. The Labute approximate surface area is 197 Å². The topological polar surface area (TPSA) is 96.3 Å². The van der Waals surface area contributed by atoms with E-state index in [-0.39, 0.29) is 11.7 Å². The molecule has 0 bridgehead atoms. The summed E-state index contributed by atoms with van der Waals surface area (Å²) in [4.78, 5) is 27.8. The number of hydrogen-bond donors (Lipinski definition) is 3. The molecule has 0 saturated heterocycles. The van der Waals surface area contributed by atoms with E-state index in [2.05, 4.69) is 37.4 Å². The van der Waals surface area contributed by atoms with Crippen molar-refractivity contribution < 1.29 is 9.53 Å². The number of fused-ring (bicyclic) bond motifs is 1. The van der Waals surface area contributed by atoms with Crippen molar-refractivity contribution in [1.82, 2.24) is 15.0 Å². The Balaban J connectivity index is 1.38. The first-order chi connectivity index (χ1) is 16.0. The Morgan fingerprint density at radius 3 is 2.85 bits per heavy atom. The first-order valence-corrected chi connectivity index (χ1v) is 12.1. The second-order valence-electron chi connectivity index (χ2n) is 8.48. The maximum atomic E-state index is 12.6. The Bertz CT molecular complexity index is 1190. The molecule has 2 heterocycles. The number of nitrogens with zero attached hydrogens (tertiary/aromatic N) is 3. The fraction of sp³-hybridized carbons (Fsp3) is 0.417. The molecule has 0 atom stereocenters. The van der Waals surface area contributed by atoms with Crippen LogP contribution in [0.3, 0.4) is 0 Å². The van der Waals surface area contributed by atoms with Gasteiger partial charge in [-0.2, -0.15) is 0 Å². The summed E-state index contributed by atoms with van der Waals surface area (Å²) in [5, 5.41) is 7.18. The molecule has 0 unspecified atom stereocenters. The van der Waals surface area contributed by atoms with Crippen LogP contribution in [0.4, 0.5) is 17.2 Å².